The summed E-state index contributed by atoms with van der Waals surface area (Å²) in [6.45, 7) is 2.87. The van der Waals surface area contributed by atoms with Crippen LogP contribution in [0.5, 0.6) is 0 Å². The zero-order chi connectivity index (χ0) is 15.3. The molecule has 22 heavy (non-hydrogen) atoms. The molecule has 8 heteroatoms. The highest BCUT2D eigenvalue weighted by Gasteiger charge is 2.36. The Morgan fingerprint density at radius 1 is 1.50 bits per heavy atom. The molecule has 0 saturated heterocycles. The van der Waals surface area contributed by atoms with Gasteiger partial charge in [-0.25, -0.2) is 14.8 Å². The third-order valence-corrected chi connectivity index (χ3v) is 5.45. The highest BCUT2D eigenvalue weighted by Crippen LogP contribution is 2.45. The molecule has 1 aliphatic heterocycles. The van der Waals surface area contributed by atoms with Crippen molar-refractivity contribution in [2.45, 2.75) is 31.0 Å². The van der Waals surface area contributed by atoms with Crippen molar-refractivity contribution in [3.8, 4) is 0 Å². The molecule has 2 aromatic heterocycles. The lowest BCUT2D eigenvalue weighted by Crippen LogP contribution is -2.35. The third kappa shape index (κ3) is 2.13. The van der Waals surface area contributed by atoms with Crippen LogP contribution in [0.3, 0.4) is 0 Å². The minimum Gasteiger partial charge on any atom is -0.462 e. The summed E-state index contributed by atoms with van der Waals surface area (Å²) in [7, 11) is 0. The number of aromatic nitrogens is 2. The first-order chi connectivity index (χ1) is 10.7. The first kappa shape index (κ1) is 14.1. The van der Waals surface area contributed by atoms with E-state index in [2.05, 4.69) is 15.2 Å². The Morgan fingerprint density at radius 2 is 2.32 bits per heavy atom. The first-order valence-electron chi connectivity index (χ1n) is 7.29. The molecule has 0 unspecified atom stereocenters. The number of thiophene rings is 1. The van der Waals surface area contributed by atoms with Crippen LogP contribution in [0.15, 0.2) is 5.16 Å². The van der Waals surface area contributed by atoms with Crippen molar-refractivity contribution >= 4 is 50.8 Å². The molecular formula is C14H16N4O2S2. The van der Waals surface area contributed by atoms with E-state index in [1.165, 1.54) is 35.9 Å². The van der Waals surface area contributed by atoms with Crippen LogP contribution in [0.25, 0.3) is 10.2 Å². The minimum absolute atomic E-state index is 0.287. The molecule has 2 aromatic rings. The number of esters is 1. The van der Waals surface area contributed by atoms with Gasteiger partial charge in [0.2, 0.25) is 0 Å². The van der Waals surface area contributed by atoms with Crippen LogP contribution in [0, 0.1) is 0 Å². The number of carbonyl (C=O) groups is 1. The van der Waals surface area contributed by atoms with Crippen molar-refractivity contribution in [2.24, 2.45) is 0 Å². The maximum Gasteiger partial charge on any atom is 0.350 e. The standard InChI is InChI=1S/C14H16N4O2S2/c1-3-20-13(19)10-9-8-11(18(6-15-9)7-4-5-7)16-14(21-2)17-12(8)22-10/h7,15H,3-6H2,1-2H3. The van der Waals surface area contributed by atoms with Crippen molar-refractivity contribution in [1.29, 1.82) is 0 Å². The number of nitrogens with one attached hydrogen (secondary N) is 1. The van der Waals surface area contributed by atoms with Gasteiger partial charge in [-0.3, -0.25) is 0 Å². The number of nitrogens with zero attached hydrogens (tertiary/aromatic N) is 3. The lowest BCUT2D eigenvalue weighted by atomic mass is 10.2. The van der Waals surface area contributed by atoms with Crippen molar-refractivity contribution in [3.05, 3.63) is 4.88 Å². The van der Waals surface area contributed by atoms with Crippen molar-refractivity contribution in [1.82, 2.24) is 9.97 Å². The molecule has 2 aliphatic rings. The van der Waals surface area contributed by atoms with Crippen molar-refractivity contribution in [3.63, 3.8) is 0 Å². The lowest BCUT2D eigenvalue weighted by Gasteiger charge is -2.29. The molecule has 116 valence electrons. The second-order valence-corrected chi connectivity index (χ2v) is 7.05. The summed E-state index contributed by atoms with van der Waals surface area (Å²) in [6.07, 6.45) is 4.37. The summed E-state index contributed by atoms with van der Waals surface area (Å²) in [5.41, 5.74) is 0.831. The van der Waals surface area contributed by atoms with Crippen molar-refractivity contribution in [2.75, 3.05) is 29.7 Å². The largest absolute Gasteiger partial charge is 0.462 e. The molecule has 1 fully saturated rings. The molecule has 0 bridgehead atoms. The molecule has 6 nitrogen and oxygen atoms in total. The van der Waals surface area contributed by atoms with Crippen LogP contribution in [0.2, 0.25) is 0 Å². The van der Waals surface area contributed by atoms with Gasteiger partial charge in [0.15, 0.2) is 5.16 Å². The lowest BCUT2D eigenvalue weighted by molar-refractivity contribution is 0.0533. The predicted molar refractivity (Wildman–Crippen MR) is 89.1 cm³/mol. The zero-order valence-corrected chi connectivity index (χ0v) is 14.0. The average molecular weight is 336 g/mol. The Balaban J connectivity index is 1.91. The van der Waals surface area contributed by atoms with Crippen LogP contribution in [-0.4, -0.2) is 41.5 Å². The maximum absolute atomic E-state index is 12.2. The first-order valence-corrected chi connectivity index (χ1v) is 9.33. The van der Waals surface area contributed by atoms with Crippen LogP contribution in [0.4, 0.5) is 11.5 Å². The normalized spacial score (nSPS) is 16.7. The monoisotopic (exact) mass is 336 g/mol. The molecule has 0 radical (unpaired) electrons. The van der Waals surface area contributed by atoms with E-state index in [0.29, 0.717) is 24.2 Å². The van der Waals surface area contributed by atoms with Crippen molar-refractivity contribution < 1.29 is 9.53 Å². The van der Waals surface area contributed by atoms with Gasteiger partial charge in [-0.1, -0.05) is 11.8 Å². The molecular weight excluding hydrogens is 320 g/mol. The molecule has 0 atom stereocenters. The van der Waals surface area contributed by atoms with Gasteiger partial charge in [-0.15, -0.1) is 11.3 Å². The Labute approximate surface area is 136 Å². The third-order valence-electron chi connectivity index (χ3n) is 3.84. The van der Waals surface area contributed by atoms with Crippen LogP contribution in [0.1, 0.15) is 29.4 Å². The van der Waals surface area contributed by atoms with E-state index in [0.717, 1.165) is 26.9 Å². The number of rotatable bonds is 4. The minimum atomic E-state index is -0.287. The fraction of sp³-hybridized carbons (Fsp3) is 0.500. The van der Waals surface area contributed by atoms with Crippen LogP contribution in [-0.2, 0) is 4.74 Å². The van der Waals surface area contributed by atoms with Gasteiger partial charge in [0.25, 0.3) is 0 Å². The number of anilines is 2. The molecule has 4 rings (SSSR count). The van der Waals surface area contributed by atoms with Gasteiger partial charge >= 0.3 is 5.97 Å². The SMILES string of the molecule is CCOC(=O)c1sc2nc(SC)nc3c2c1NCN3C1CC1. The van der Waals surface area contributed by atoms with E-state index < -0.39 is 0 Å². The van der Waals surface area contributed by atoms with E-state index in [4.69, 9.17) is 9.72 Å². The number of ether oxygens (including phenoxy) is 1. The molecule has 1 N–H and O–H groups in total. The Hall–Kier alpha value is -1.54. The second-order valence-electron chi connectivity index (χ2n) is 5.28. The maximum atomic E-state index is 12.2. The summed E-state index contributed by atoms with van der Waals surface area (Å²) in [6, 6.07) is 0.555. The summed E-state index contributed by atoms with van der Waals surface area (Å²) in [5, 5.41) is 5.08. The highest BCUT2D eigenvalue weighted by atomic mass is 32.2. The number of hydrogen-bond donors (Lipinski definition) is 1. The number of hydrogen-bond acceptors (Lipinski definition) is 8. The Kier molecular flexibility index (Phi) is 3.37. The molecule has 1 aliphatic carbocycles. The van der Waals surface area contributed by atoms with E-state index in [1.807, 2.05) is 13.2 Å². The Bertz CT molecular complexity index is 757. The van der Waals surface area contributed by atoms with Gasteiger partial charge in [0, 0.05) is 6.04 Å². The number of carbonyl (C=O) groups excluding carboxylic acids is 1. The van der Waals surface area contributed by atoms with Gasteiger partial charge in [-0.2, -0.15) is 0 Å². The molecule has 0 aromatic carbocycles. The summed E-state index contributed by atoms with van der Waals surface area (Å²) in [4.78, 5) is 25.2. The summed E-state index contributed by atoms with van der Waals surface area (Å²) < 4.78 is 5.17. The Morgan fingerprint density at radius 3 is 3.00 bits per heavy atom. The van der Waals surface area contributed by atoms with E-state index in [9.17, 15) is 4.79 Å². The predicted octanol–water partition coefficient (Wildman–Crippen LogP) is 2.94. The smallest absolute Gasteiger partial charge is 0.350 e. The zero-order valence-electron chi connectivity index (χ0n) is 12.4. The molecule has 3 heterocycles. The summed E-state index contributed by atoms with van der Waals surface area (Å²) in [5.74, 6) is 0.668. The van der Waals surface area contributed by atoms with Gasteiger partial charge in [0.05, 0.1) is 24.3 Å². The van der Waals surface area contributed by atoms with Crippen LogP contribution < -0.4 is 10.2 Å². The van der Waals surface area contributed by atoms with E-state index >= 15 is 0 Å². The van der Waals surface area contributed by atoms with Gasteiger partial charge in [0.1, 0.15) is 15.5 Å². The number of thioether (sulfide) groups is 1. The van der Waals surface area contributed by atoms with Crippen LogP contribution >= 0.6 is 23.1 Å². The highest BCUT2D eigenvalue weighted by molar-refractivity contribution is 7.98. The molecule has 1 saturated carbocycles. The second kappa shape index (κ2) is 5.27. The fourth-order valence-electron chi connectivity index (χ4n) is 2.70. The van der Waals surface area contributed by atoms with Gasteiger partial charge < -0.3 is 15.0 Å². The molecule has 0 amide bonds. The summed E-state index contributed by atoms with van der Waals surface area (Å²) >= 11 is 2.91. The topological polar surface area (TPSA) is 67.3 Å². The average Bonchev–Trinajstić information content (AvgIpc) is 3.30. The molecule has 0 spiro atoms. The van der Waals surface area contributed by atoms with Gasteiger partial charge in [-0.05, 0) is 26.0 Å². The fourth-order valence-corrected chi connectivity index (χ4v) is 4.16. The van der Waals surface area contributed by atoms with E-state index in [1.54, 1.807) is 0 Å². The quantitative estimate of drug-likeness (QED) is 0.523. The van der Waals surface area contributed by atoms with E-state index in [-0.39, 0.29) is 5.97 Å².